The Bertz CT molecular complexity index is 611. The number of benzene rings is 1. The maximum atomic E-state index is 6.61. The summed E-state index contributed by atoms with van der Waals surface area (Å²) in [6.07, 6.45) is 2.15. The number of hydrogen-bond acceptors (Lipinski definition) is 2. The summed E-state index contributed by atoms with van der Waals surface area (Å²) in [6, 6.07) is 8.33. The number of ether oxygens (including phenoxy) is 1. The first-order valence-corrected chi connectivity index (χ1v) is 8.83. The molecule has 1 atom stereocenters. The molecule has 1 aliphatic heterocycles. The van der Waals surface area contributed by atoms with Crippen LogP contribution in [0.3, 0.4) is 0 Å². The zero-order valence-electron chi connectivity index (χ0n) is 9.96. The first-order chi connectivity index (χ1) is 9.15. The van der Waals surface area contributed by atoms with E-state index in [9.17, 15) is 0 Å². The van der Waals surface area contributed by atoms with E-state index < -0.39 is 0 Å². The van der Waals surface area contributed by atoms with E-state index in [1.807, 2.05) is 6.07 Å². The van der Waals surface area contributed by atoms with E-state index in [1.54, 1.807) is 11.3 Å². The number of aryl methyl sites for hydroxylation is 1. The van der Waals surface area contributed by atoms with Crippen LogP contribution in [0.5, 0.6) is 5.75 Å². The van der Waals surface area contributed by atoms with Crippen molar-refractivity contribution < 1.29 is 4.74 Å². The van der Waals surface area contributed by atoms with Gasteiger partial charge in [-0.15, -0.1) is 22.9 Å². The molecule has 1 aliphatic rings. The predicted molar refractivity (Wildman–Crippen MR) is 87.7 cm³/mol. The molecule has 0 aliphatic carbocycles. The molecular weight excluding hydrogens is 411 g/mol. The fourth-order valence-corrected chi connectivity index (χ4v) is 5.65. The van der Waals surface area contributed by atoms with Crippen molar-refractivity contribution in [2.24, 2.45) is 0 Å². The molecular formula is C14H11Br2ClOS. The van der Waals surface area contributed by atoms with Crippen LogP contribution in [0.1, 0.15) is 28.5 Å². The van der Waals surface area contributed by atoms with Crippen LogP contribution in [0.15, 0.2) is 31.8 Å². The monoisotopic (exact) mass is 420 g/mol. The van der Waals surface area contributed by atoms with E-state index >= 15 is 0 Å². The van der Waals surface area contributed by atoms with Crippen LogP contribution in [0, 0.1) is 0 Å². The normalized spacial score (nSPS) is 15.7. The lowest BCUT2D eigenvalue weighted by atomic mass is 10.00. The summed E-state index contributed by atoms with van der Waals surface area (Å²) < 4.78 is 7.80. The first kappa shape index (κ1) is 13.9. The van der Waals surface area contributed by atoms with E-state index in [0.717, 1.165) is 43.9 Å². The molecule has 0 N–H and O–H groups in total. The third-order valence-corrected chi connectivity index (χ3v) is 6.05. The largest absolute Gasteiger partial charge is 0.493 e. The molecule has 1 nitrogen and oxygen atoms in total. The quantitative estimate of drug-likeness (QED) is 0.546. The molecule has 0 saturated heterocycles. The predicted octanol–water partition coefficient (Wildman–Crippen LogP) is 5.93. The molecule has 19 heavy (non-hydrogen) atoms. The second-order valence-corrected chi connectivity index (χ2v) is 8.65. The highest BCUT2D eigenvalue weighted by molar-refractivity contribution is 9.12. The lowest BCUT2D eigenvalue weighted by Gasteiger charge is -2.19. The molecule has 0 saturated carbocycles. The van der Waals surface area contributed by atoms with Crippen molar-refractivity contribution in [1.29, 1.82) is 0 Å². The van der Waals surface area contributed by atoms with Gasteiger partial charge in [0.1, 0.15) is 5.75 Å². The third kappa shape index (κ3) is 2.87. The Morgan fingerprint density at radius 2 is 2.11 bits per heavy atom. The number of rotatable bonds is 2. The van der Waals surface area contributed by atoms with Crippen LogP contribution in [0.25, 0.3) is 0 Å². The van der Waals surface area contributed by atoms with Crippen LogP contribution in [0.2, 0.25) is 0 Å². The summed E-state index contributed by atoms with van der Waals surface area (Å²) in [5, 5.41) is -0.135. The lowest BCUT2D eigenvalue weighted by molar-refractivity contribution is 0.288. The molecule has 100 valence electrons. The summed E-state index contributed by atoms with van der Waals surface area (Å²) in [4.78, 5) is 0. The second kappa shape index (κ2) is 5.76. The molecule has 0 bridgehead atoms. The Morgan fingerprint density at radius 3 is 2.84 bits per heavy atom. The van der Waals surface area contributed by atoms with Gasteiger partial charge >= 0.3 is 0 Å². The molecule has 0 radical (unpaired) electrons. The topological polar surface area (TPSA) is 9.23 Å². The van der Waals surface area contributed by atoms with Crippen molar-refractivity contribution in [2.45, 2.75) is 18.2 Å². The number of halogens is 3. The number of alkyl halides is 1. The highest BCUT2D eigenvalue weighted by atomic mass is 79.9. The highest BCUT2D eigenvalue weighted by Gasteiger charge is 2.19. The molecule has 3 rings (SSSR count). The van der Waals surface area contributed by atoms with Crippen molar-refractivity contribution in [3.05, 3.63) is 48.5 Å². The van der Waals surface area contributed by atoms with Gasteiger partial charge in [0.2, 0.25) is 0 Å². The van der Waals surface area contributed by atoms with Gasteiger partial charge in [0.15, 0.2) is 0 Å². The maximum Gasteiger partial charge on any atom is 0.122 e. The molecule has 2 aromatic rings. The van der Waals surface area contributed by atoms with Gasteiger partial charge in [-0.3, -0.25) is 0 Å². The van der Waals surface area contributed by atoms with Gasteiger partial charge in [-0.05, 0) is 68.0 Å². The minimum atomic E-state index is -0.135. The van der Waals surface area contributed by atoms with Gasteiger partial charge in [-0.2, -0.15) is 0 Å². The van der Waals surface area contributed by atoms with Crippen LogP contribution in [0.4, 0.5) is 0 Å². The number of fused-ring (bicyclic) bond motifs is 1. The SMILES string of the molecule is ClC(c1ccc2c(c1)CCCO2)c1cc(Br)sc1Br. The summed E-state index contributed by atoms with van der Waals surface area (Å²) in [7, 11) is 0. The van der Waals surface area contributed by atoms with E-state index in [4.69, 9.17) is 16.3 Å². The van der Waals surface area contributed by atoms with Crippen LogP contribution in [-0.4, -0.2) is 6.61 Å². The minimum absolute atomic E-state index is 0.135. The molecule has 1 unspecified atom stereocenters. The summed E-state index contributed by atoms with van der Waals surface area (Å²) in [5.74, 6) is 1.00. The average Bonchev–Trinajstić information content (AvgIpc) is 2.76. The van der Waals surface area contributed by atoms with Gasteiger partial charge in [0.25, 0.3) is 0 Å². The third-order valence-electron chi connectivity index (χ3n) is 3.18. The highest BCUT2D eigenvalue weighted by Crippen LogP contribution is 2.41. The van der Waals surface area contributed by atoms with Crippen molar-refractivity contribution in [2.75, 3.05) is 6.61 Å². The number of hydrogen-bond donors (Lipinski definition) is 0. The fraction of sp³-hybridized carbons (Fsp3) is 0.286. The second-order valence-electron chi connectivity index (χ2n) is 4.46. The van der Waals surface area contributed by atoms with Gasteiger partial charge in [0, 0.05) is 5.56 Å². The Kier molecular flexibility index (Phi) is 4.22. The Balaban J connectivity index is 1.95. The molecule has 1 aromatic heterocycles. The van der Waals surface area contributed by atoms with E-state index in [1.165, 1.54) is 5.56 Å². The zero-order chi connectivity index (χ0) is 13.4. The maximum absolute atomic E-state index is 6.61. The Labute approximate surface area is 138 Å². The fourth-order valence-electron chi connectivity index (χ4n) is 2.24. The Morgan fingerprint density at radius 1 is 1.26 bits per heavy atom. The lowest BCUT2D eigenvalue weighted by Crippen LogP contribution is -2.08. The van der Waals surface area contributed by atoms with Gasteiger partial charge < -0.3 is 4.74 Å². The molecule has 5 heteroatoms. The smallest absolute Gasteiger partial charge is 0.122 e. The average molecular weight is 423 g/mol. The van der Waals surface area contributed by atoms with E-state index in [-0.39, 0.29) is 5.38 Å². The summed E-state index contributed by atoms with van der Waals surface area (Å²) in [6.45, 7) is 0.819. The van der Waals surface area contributed by atoms with Gasteiger partial charge in [-0.25, -0.2) is 0 Å². The van der Waals surface area contributed by atoms with Crippen LogP contribution in [-0.2, 0) is 6.42 Å². The van der Waals surface area contributed by atoms with Crippen molar-refractivity contribution in [1.82, 2.24) is 0 Å². The Hall–Kier alpha value is -0.0300. The van der Waals surface area contributed by atoms with E-state index in [2.05, 4.69) is 50.1 Å². The van der Waals surface area contributed by atoms with Gasteiger partial charge in [-0.1, -0.05) is 12.1 Å². The van der Waals surface area contributed by atoms with Crippen LogP contribution < -0.4 is 4.74 Å². The van der Waals surface area contributed by atoms with Crippen LogP contribution >= 0.6 is 54.8 Å². The van der Waals surface area contributed by atoms with Crippen molar-refractivity contribution in [3.8, 4) is 5.75 Å². The van der Waals surface area contributed by atoms with E-state index in [0.29, 0.717) is 0 Å². The molecule has 0 fully saturated rings. The first-order valence-electron chi connectivity index (χ1n) is 5.99. The minimum Gasteiger partial charge on any atom is -0.493 e. The molecule has 1 aromatic carbocycles. The zero-order valence-corrected chi connectivity index (χ0v) is 14.7. The molecule has 0 spiro atoms. The summed E-state index contributed by atoms with van der Waals surface area (Å²) >= 11 is 15.3. The van der Waals surface area contributed by atoms with Crippen molar-refractivity contribution >= 4 is 54.8 Å². The molecule has 2 heterocycles. The molecule has 0 amide bonds. The standard InChI is InChI=1S/C14H11Br2ClOS/c15-12-7-10(14(16)19-12)13(17)9-3-4-11-8(6-9)2-1-5-18-11/h3-4,6-7,13H,1-2,5H2. The summed E-state index contributed by atoms with van der Waals surface area (Å²) in [5.41, 5.74) is 3.49. The van der Waals surface area contributed by atoms with Crippen molar-refractivity contribution in [3.63, 3.8) is 0 Å². The number of thiophene rings is 1. The van der Waals surface area contributed by atoms with Gasteiger partial charge in [0.05, 0.1) is 19.6 Å².